The van der Waals surface area contributed by atoms with Crippen LogP contribution in [-0.4, -0.2) is 0 Å². The van der Waals surface area contributed by atoms with Crippen LogP contribution in [0.4, 0.5) is 0 Å². The molecule has 0 fully saturated rings. The zero-order chi connectivity index (χ0) is 30.9. The van der Waals surface area contributed by atoms with Crippen molar-refractivity contribution in [2.45, 2.75) is 12.8 Å². The molecular formula is C46H30O. The van der Waals surface area contributed by atoms with Crippen molar-refractivity contribution in [3.63, 3.8) is 0 Å². The Morgan fingerprint density at radius 3 is 1.70 bits per heavy atom. The van der Waals surface area contributed by atoms with Crippen molar-refractivity contribution in [2.75, 3.05) is 0 Å². The highest BCUT2D eigenvalue weighted by Gasteiger charge is 2.19. The lowest BCUT2D eigenvalue weighted by atomic mass is 9.85. The van der Waals surface area contributed by atoms with Gasteiger partial charge in [0.05, 0.1) is 0 Å². The van der Waals surface area contributed by atoms with Crippen molar-refractivity contribution in [3.05, 3.63) is 163 Å². The molecule has 1 aromatic heterocycles. The quantitative estimate of drug-likeness (QED) is 0.184. The second-order valence-corrected chi connectivity index (χ2v) is 12.7. The van der Waals surface area contributed by atoms with E-state index in [1.165, 1.54) is 87.6 Å². The van der Waals surface area contributed by atoms with Gasteiger partial charge in [0.15, 0.2) is 0 Å². The first kappa shape index (κ1) is 26.3. The van der Waals surface area contributed by atoms with Gasteiger partial charge in [0.25, 0.3) is 0 Å². The lowest BCUT2D eigenvalue weighted by Gasteiger charge is -2.18. The van der Waals surface area contributed by atoms with E-state index in [9.17, 15) is 0 Å². The maximum Gasteiger partial charge on any atom is 0.139 e. The third-order valence-corrected chi connectivity index (χ3v) is 10.1. The van der Waals surface area contributed by atoms with E-state index in [1.54, 1.807) is 0 Å². The molecule has 0 spiro atoms. The predicted molar refractivity (Wildman–Crippen MR) is 200 cm³/mol. The number of fused-ring (bicyclic) bond motifs is 8. The van der Waals surface area contributed by atoms with Crippen LogP contribution in [0.5, 0.6) is 0 Å². The number of rotatable bonds is 3. The highest BCUT2D eigenvalue weighted by atomic mass is 16.3. The fourth-order valence-electron chi connectivity index (χ4n) is 7.88. The first-order chi connectivity index (χ1) is 23.3. The summed E-state index contributed by atoms with van der Waals surface area (Å²) in [6.07, 6.45) is 6.57. The molecule has 0 amide bonds. The van der Waals surface area contributed by atoms with Gasteiger partial charge in [-0.2, -0.15) is 0 Å². The summed E-state index contributed by atoms with van der Waals surface area (Å²) in [4.78, 5) is 0. The molecule has 0 unspecified atom stereocenters. The molecular weight excluding hydrogens is 569 g/mol. The van der Waals surface area contributed by atoms with Crippen LogP contribution in [0.3, 0.4) is 0 Å². The van der Waals surface area contributed by atoms with Gasteiger partial charge in [-0.1, -0.05) is 127 Å². The normalized spacial score (nSPS) is 12.9. The van der Waals surface area contributed by atoms with Crippen molar-refractivity contribution >= 4 is 60.3 Å². The van der Waals surface area contributed by atoms with Gasteiger partial charge in [-0.25, -0.2) is 0 Å². The van der Waals surface area contributed by atoms with Gasteiger partial charge < -0.3 is 4.42 Å². The smallest absolute Gasteiger partial charge is 0.139 e. The molecule has 0 aliphatic heterocycles. The average molecular weight is 599 g/mol. The Morgan fingerprint density at radius 2 is 1.00 bits per heavy atom. The third kappa shape index (κ3) is 4.10. The van der Waals surface area contributed by atoms with E-state index in [-0.39, 0.29) is 0 Å². The lowest BCUT2D eigenvalue weighted by molar-refractivity contribution is 0.661. The topological polar surface area (TPSA) is 13.1 Å². The van der Waals surface area contributed by atoms with Crippen LogP contribution in [0.15, 0.2) is 156 Å². The van der Waals surface area contributed by atoms with Gasteiger partial charge in [0, 0.05) is 16.3 Å². The van der Waals surface area contributed by atoms with Crippen molar-refractivity contribution in [3.8, 4) is 33.4 Å². The molecule has 0 atom stereocenters. The van der Waals surface area contributed by atoms with Crippen LogP contribution in [0, 0.1) is 0 Å². The van der Waals surface area contributed by atoms with E-state index in [1.807, 2.05) is 0 Å². The van der Waals surface area contributed by atoms with Gasteiger partial charge in [-0.3, -0.25) is 0 Å². The zero-order valence-electron chi connectivity index (χ0n) is 25.8. The predicted octanol–water partition coefficient (Wildman–Crippen LogP) is 13.0. The van der Waals surface area contributed by atoms with Crippen molar-refractivity contribution in [1.82, 2.24) is 0 Å². The highest BCUT2D eigenvalue weighted by molar-refractivity contribution is 6.22. The Bertz CT molecular complexity index is 2670. The minimum Gasteiger partial charge on any atom is -0.456 e. The SMILES string of the molecule is C1=Cc2ccc3c(oc4cc(-c5c6ccccc6c(-c6ccc7cc(-c8ccccc8)ccc7c6)c6ccccc56)ccc43)c2CC1. The second kappa shape index (κ2) is 10.3. The molecule has 1 nitrogen and oxygen atoms in total. The fraction of sp³-hybridized carbons (Fsp3) is 0.0435. The number of aryl methyl sites for hydroxylation is 1. The van der Waals surface area contributed by atoms with Crippen LogP contribution >= 0.6 is 0 Å². The Kier molecular flexibility index (Phi) is 5.77. The number of benzene rings is 8. The number of furan rings is 1. The summed E-state index contributed by atoms with van der Waals surface area (Å²) in [7, 11) is 0. The number of hydrogen-bond donors (Lipinski definition) is 0. The number of hydrogen-bond acceptors (Lipinski definition) is 1. The van der Waals surface area contributed by atoms with Gasteiger partial charge in [-0.05, 0) is 114 Å². The summed E-state index contributed by atoms with van der Waals surface area (Å²) in [6, 6.07) is 53.4. The minimum atomic E-state index is 0.946. The molecule has 220 valence electrons. The zero-order valence-corrected chi connectivity index (χ0v) is 25.8. The molecule has 1 heteroatoms. The van der Waals surface area contributed by atoms with Gasteiger partial charge in [0.1, 0.15) is 11.2 Å². The van der Waals surface area contributed by atoms with Crippen LogP contribution in [0.25, 0.3) is 93.7 Å². The first-order valence-corrected chi connectivity index (χ1v) is 16.5. The second-order valence-electron chi connectivity index (χ2n) is 12.7. The Hall–Kier alpha value is -5.92. The van der Waals surface area contributed by atoms with Crippen LogP contribution in [0.2, 0.25) is 0 Å². The Labute approximate surface area is 273 Å². The molecule has 10 rings (SSSR count). The summed E-state index contributed by atoms with van der Waals surface area (Å²) in [5.41, 5.74) is 12.0. The monoisotopic (exact) mass is 598 g/mol. The van der Waals surface area contributed by atoms with E-state index in [4.69, 9.17) is 4.42 Å². The minimum absolute atomic E-state index is 0.946. The molecule has 0 bridgehead atoms. The van der Waals surface area contributed by atoms with Crippen molar-refractivity contribution in [1.29, 1.82) is 0 Å². The maximum atomic E-state index is 6.67. The maximum absolute atomic E-state index is 6.67. The molecule has 0 N–H and O–H groups in total. The summed E-state index contributed by atoms with van der Waals surface area (Å²) < 4.78 is 6.67. The summed E-state index contributed by atoms with van der Waals surface area (Å²) in [5.74, 6) is 0. The Balaban J connectivity index is 1.18. The van der Waals surface area contributed by atoms with Crippen LogP contribution in [-0.2, 0) is 6.42 Å². The van der Waals surface area contributed by atoms with Gasteiger partial charge >= 0.3 is 0 Å². The molecule has 0 saturated carbocycles. The summed E-state index contributed by atoms with van der Waals surface area (Å²) in [5, 5.41) is 9.89. The van der Waals surface area contributed by atoms with E-state index in [2.05, 4.69) is 158 Å². The van der Waals surface area contributed by atoms with E-state index < -0.39 is 0 Å². The van der Waals surface area contributed by atoms with E-state index in [0.717, 1.165) is 24.0 Å². The molecule has 8 aromatic carbocycles. The molecule has 0 radical (unpaired) electrons. The molecule has 0 saturated heterocycles. The van der Waals surface area contributed by atoms with Crippen molar-refractivity contribution in [2.24, 2.45) is 0 Å². The average Bonchev–Trinajstić information content (AvgIpc) is 3.52. The highest BCUT2D eigenvalue weighted by Crippen LogP contribution is 2.45. The summed E-state index contributed by atoms with van der Waals surface area (Å²) >= 11 is 0. The molecule has 1 aliphatic carbocycles. The van der Waals surface area contributed by atoms with Crippen LogP contribution in [0.1, 0.15) is 17.5 Å². The van der Waals surface area contributed by atoms with E-state index >= 15 is 0 Å². The standard InChI is InChI=1S/C46H30O/c1-2-10-29(11-3-1)31-18-19-33-27-34(21-20-32(33)26-31)44-38-14-6-8-16-40(38)45(41-17-9-7-15-39(41)44)35-23-24-37-42-25-22-30-12-4-5-13-36(30)46(42)47-43(37)28-35/h1-4,6-12,14-28H,5,13H2. The lowest BCUT2D eigenvalue weighted by Crippen LogP contribution is -1.93. The largest absolute Gasteiger partial charge is 0.456 e. The van der Waals surface area contributed by atoms with Crippen molar-refractivity contribution < 1.29 is 4.42 Å². The number of allylic oxidation sites excluding steroid dienone is 1. The Morgan fingerprint density at radius 1 is 0.426 bits per heavy atom. The van der Waals surface area contributed by atoms with Gasteiger partial charge in [0.2, 0.25) is 0 Å². The third-order valence-electron chi connectivity index (χ3n) is 10.1. The van der Waals surface area contributed by atoms with Gasteiger partial charge in [-0.15, -0.1) is 0 Å². The molecule has 47 heavy (non-hydrogen) atoms. The molecule has 9 aromatic rings. The summed E-state index contributed by atoms with van der Waals surface area (Å²) in [6.45, 7) is 0. The van der Waals surface area contributed by atoms with E-state index in [0.29, 0.717) is 0 Å². The first-order valence-electron chi connectivity index (χ1n) is 16.5. The fourth-order valence-corrected chi connectivity index (χ4v) is 7.88. The molecule has 1 aliphatic rings. The molecule has 1 heterocycles. The van der Waals surface area contributed by atoms with Crippen LogP contribution < -0.4 is 0 Å².